The number of hydrogen-bond donors (Lipinski definition) is 6. The van der Waals surface area contributed by atoms with Gasteiger partial charge in [-0.25, -0.2) is 4.57 Å². The van der Waals surface area contributed by atoms with Gasteiger partial charge in [0.25, 0.3) is 0 Å². The average molecular weight is 969 g/mol. The van der Waals surface area contributed by atoms with Crippen LogP contribution in [0.5, 0.6) is 0 Å². The van der Waals surface area contributed by atoms with Crippen molar-refractivity contribution in [1.29, 1.82) is 0 Å². The Morgan fingerprint density at radius 1 is 0.463 bits per heavy atom. The summed E-state index contributed by atoms with van der Waals surface area (Å²) < 4.78 is 33.6. The van der Waals surface area contributed by atoms with Crippen molar-refractivity contribution in [2.75, 3.05) is 13.2 Å². The van der Waals surface area contributed by atoms with E-state index in [9.17, 15) is 44.6 Å². The quantitative estimate of drug-likeness (QED) is 0.0146. The summed E-state index contributed by atoms with van der Waals surface area (Å²) in [5, 5.41) is 50.3. The largest absolute Gasteiger partial charge is 0.472 e. The first kappa shape index (κ1) is 62.6. The number of carbonyl (C=O) groups excluding carboxylic acids is 2. The summed E-state index contributed by atoms with van der Waals surface area (Å²) in [5.41, 5.74) is 0. The Hall–Kier alpha value is -2.45. The molecular weight excluding hydrogens is 876 g/mol. The Morgan fingerprint density at radius 3 is 1.28 bits per heavy atom. The SMILES string of the molecule is CCCCC/C=C\C/C=C\C/C=C\C/C=C\CCCCCC(=O)OC[C@H](COP(=O)(O)OC1C(O)C(O)C(O)[C@@H](O)C1O)OC(=O)CCCCCCCCC/C=C\CCCCCCCCCC. The molecule has 0 aromatic rings. The highest BCUT2D eigenvalue weighted by Gasteiger charge is 2.51. The predicted octanol–water partition coefficient (Wildman–Crippen LogP) is 11.3. The molecule has 0 amide bonds. The molecule has 6 N–H and O–H groups in total. The Bertz CT molecular complexity index is 1400. The van der Waals surface area contributed by atoms with Crippen molar-refractivity contribution in [3.8, 4) is 0 Å². The van der Waals surface area contributed by atoms with Crippen LogP contribution in [-0.4, -0.2) is 98.3 Å². The molecule has 14 heteroatoms. The maximum atomic E-state index is 12.9. The molecule has 67 heavy (non-hydrogen) atoms. The second-order valence-electron chi connectivity index (χ2n) is 18.0. The molecule has 1 saturated carbocycles. The van der Waals surface area contributed by atoms with E-state index in [1.54, 1.807) is 0 Å². The van der Waals surface area contributed by atoms with Gasteiger partial charge >= 0.3 is 19.8 Å². The Morgan fingerprint density at radius 2 is 0.806 bits per heavy atom. The molecule has 1 aliphatic rings. The van der Waals surface area contributed by atoms with Gasteiger partial charge in [-0.2, -0.15) is 0 Å². The highest BCUT2D eigenvalue weighted by Crippen LogP contribution is 2.47. The highest BCUT2D eigenvalue weighted by molar-refractivity contribution is 7.47. The standard InChI is InChI=1S/C53H93O13P/c1-3-5-7-9-11-13-15-17-19-21-23-25-27-29-31-33-35-37-39-41-46(54)63-43-45(44-64-67(61,62)66-53-51(59)49(57)48(56)50(58)52(53)60)65-47(55)42-40-38-36-34-32-30-28-26-24-22-20-18-16-14-12-10-8-6-4-2/h11,13,17,19,22-25,29,31,45,48-53,56-60H,3-10,12,14-16,18,20-21,26-28,30,32-44H2,1-2H3,(H,61,62)/b13-11-,19-17-,24-22-,25-23-,31-29-/t45-,48?,49-,50?,51?,52?,53?/m1/s1. The molecule has 6 unspecified atom stereocenters. The fourth-order valence-electron chi connectivity index (χ4n) is 7.62. The molecule has 1 rings (SSSR count). The zero-order valence-corrected chi connectivity index (χ0v) is 42.3. The fraction of sp³-hybridized carbons (Fsp3) is 0.774. The van der Waals surface area contributed by atoms with E-state index < -0.39 is 75.7 Å². The molecule has 0 bridgehead atoms. The molecule has 0 heterocycles. The van der Waals surface area contributed by atoms with E-state index in [4.69, 9.17) is 18.5 Å². The Balaban J connectivity index is 2.43. The third-order valence-corrected chi connectivity index (χ3v) is 12.8. The van der Waals surface area contributed by atoms with Gasteiger partial charge in [-0.3, -0.25) is 18.6 Å². The lowest BCUT2D eigenvalue weighted by Gasteiger charge is -2.41. The van der Waals surface area contributed by atoms with Gasteiger partial charge in [0.2, 0.25) is 0 Å². The summed E-state index contributed by atoms with van der Waals surface area (Å²) in [6.07, 6.45) is 39.8. The third-order valence-electron chi connectivity index (χ3n) is 11.8. The predicted molar refractivity (Wildman–Crippen MR) is 267 cm³/mol. The lowest BCUT2D eigenvalue weighted by atomic mass is 9.85. The van der Waals surface area contributed by atoms with Crippen molar-refractivity contribution in [3.05, 3.63) is 60.8 Å². The van der Waals surface area contributed by atoms with Crippen LogP contribution in [0.1, 0.15) is 206 Å². The van der Waals surface area contributed by atoms with Crippen LogP contribution in [0.2, 0.25) is 0 Å². The number of allylic oxidation sites excluding steroid dienone is 10. The molecule has 388 valence electrons. The summed E-state index contributed by atoms with van der Waals surface area (Å²) in [6.45, 7) is 3.26. The van der Waals surface area contributed by atoms with Crippen molar-refractivity contribution in [2.45, 2.75) is 249 Å². The fourth-order valence-corrected chi connectivity index (χ4v) is 8.59. The number of hydrogen-bond acceptors (Lipinski definition) is 12. The number of esters is 2. The molecule has 8 atom stereocenters. The summed E-state index contributed by atoms with van der Waals surface area (Å²) >= 11 is 0. The molecule has 0 radical (unpaired) electrons. The van der Waals surface area contributed by atoms with Crippen LogP contribution in [0.3, 0.4) is 0 Å². The molecule has 0 aromatic heterocycles. The van der Waals surface area contributed by atoms with Crippen molar-refractivity contribution in [2.24, 2.45) is 0 Å². The van der Waals surface area contributed by atoms with Crippen LogP contribution in [0.15, 0.2) is 60.8 Å². The van der Waals surface area contributed by atoms with Crippen molar-refractivity contribution in [1.82, 2.24) is 0 Å². The van der Waals surface area contributed by atoms with Gasteiger partial charge in [0.05, 0.1) is 6.61 Å². The molecule has 1 fully saturated rings. The highest BCUT2D eigenvalue weighted by atomic mass is 31.2. The van der Waals surface area contributed by atoms with Crippen molar-refractivity contribution in [3.63, 3.8) is 0 Å². The Kier molecular flexibility index (Phi) is 39.6. The van der Waals surface area contributed by atoms with Gasteiger partial charge in [0.1, 0.15) is 43.2 Å². The Labute approximate surface area is 404 Å². The van der Waals surface area contributed by atoms with E-state index in [-0.39, 0.29) is 12.8 Å². The van der Waals surface area contributed by atoms with Crippen molar-refractivity contribution < 1.29 is 63.1 Å². The van der Waals surface area contributed by atoms with Crippen LogP contribution in [0.25, 0.3) is 0 Å². The molecular formula is C53H93O13P. The topological polar surface area (TPSA) is 210 Å². The minimum Gasteiger partial charge on any atom is -0.462 e. The van der Waals surface area contributed by atoms with E-state index in [0.29, 0.717) is 12.8 Å². The van der Waals surface area contributed by atoms with Gasteiger partial charge in [0, 0.05) is 12.8 Å². The second-order valence-corrected chi connectivity index (χ2v) is 19.4. The van der Waals surface area contributed by atoms with Gasteiger partial charge in [-0.15, -0.1) is 0 Å². The number of ether oxygens (including phenoxy) is 2. The van der Waals surface area contributed by atoms with Gasteiger partial charge < -0.3 is 39.9 Å². The first-order valence-electron chi connectivity index (χ1n) is 26.1. The molecule has 0 spiro atoms. The number of phosphoric acid groups is 1. The summed E-state index contributed by atoms with van der Waals surface area (Å²) in [6, 6.07) is 0. The summed E-state index contributed by atoms with van der Waals surface area (Å²) in [4.78, 5) is 35.8. The third kappa shape index (κ3) is 34.5. The molecule has 0 aromatic carbocycles. The number of carbonyl (C=O) groups is 2. The maximum absolute atomic E-state index is 12.9. The zero-order valence-electron chi connectivity index (χ0n) is 41.4. The van der Waals surface area contributed by atoms with Crippen LogP contribution in [-0.2, 0) is 32.7 Å². The minimum absolute atomic E-state index is 0.0827. The van der Waals surface area contributed by atoms with E-state index in [2.05, 4.69) is 74.6 Å². The number of unbranched alkanes of at least 4 members (excludes halogenated alkanes) is 21. The first-order valence-corrected chi connectivity index (χ1v) is 27.6. The van der Waals surface area contributed by atoms with Gasteiger partial charge in [-0.05, 0) is 83.5 Å². The number of aliphatic hydroxyl groups is 5. The smallest absolute Gasteiger partial charge is 0.462 e. The van der Waals surface area contributed by atoms with E-state index in [0.717, 1.165) is 83.5 Å². The number of aliphatic hydroxyl groups excluding tert-OH is 5. The average Bonchev–Trinajstić information content (AvgIpc) is 3.31. The zero-order chi connectivity index (χ0) is 49.2. The molecule has 13 nitrogen and oxygen atoms in total. The second kappa shape index (κ2) is 42.4. The monoisotopic (exact) mass is 969 g/mol. The molecule has 0 aliphatic heterocycles. The van der Waals surface area contributed by atoms with E-state index in [1.165, 1.54) is 83.5 Å². The van der Waals surface area contributed by atoms with Gasteiger partial charge in [0.15, 0.2) is 6.10 Å². The van der Waals surface area contributed by atoms with Crippen molar-refractivity contribution >= 4 is 19.8 Å². The van der Waals surface area contributed by atoms with Crippen LogP contribution in [0, 0.1) is 0 Å². The van der Waals surface area contributed by atoms with E-state index >= 15 is 0 Å². The molecule has 1 aliphatic carbocycles. The first-order chi connectivity index (χ1) is 32.4. The summed E-state index contributed by atoms with van der Waals surface area (Å²) in [7, 11) is -5.13. The number of phosphoric ester groups is 1. The van der Waals surface area contributed by atoms with E-state index in [1.807, 2.05) is 0 Å². The maximum Gasteiger partial charge on any atom is 0.472 e. The van der Waals surface area contributed by atoms with Gasteiger partial charge in [-0.1, -0.05) is 171 Å². The normalized spacial score (nSPS) is 21.6. The summed E-state index contributed by atoms with van der Waals surface area (Å²) in [5.74, 6) is -1.14. The van der Waals surface area contributed by atoms with Crippen LogP contribution < -0.4 is 0 Å². The van der Waals surface area contributed by atoms with Crippen LogP contribution >= 0.6 is 7.82 Å². The lowest BCUT2D eigenvalue weighted by molar-refractivity contribution is -0.220. The number of rotatable bonds is 43. The lowest BCUT2D eigenvalue weighted by Crippen LogP contribution is -2.64. The molecule has 0 saturated heterocycles. The minimum atomic E-state index is -5.13. The van der Waals surface area contributed by atoms with Crippen LogP contribution in [0.4, 0.5) is 0 Å².